The summed E-state index contributed by atoms with van der Waals surface area (Å²) >= 11 is 0. The Bertz CT molecular complexity index is 938. The number of aryl methyl sites for hydroxylation is 2. The van der Waals surface area contributed by atoms with E-state index in [9.17, 15) is 20.0 Å². The maximum atomic E-state index is 12.1. The van der Waals surface area contributed by atoms with Gasteiger partial charge in [0, 0.05) is 37.5 Å². The van der Waals surface area contributed by atoms with Gasteiger partial charge in [0.15, 0.2) is 0 Å². The van der Waals surface area contributed by atoms with Crippen molar-refractivity contribution in [1.29, 1.82) is 0 Å². The van der Waals surface area contributed by atoms with Gasteiger partial charge in [0.05, 0.1) is 11.5 Å². The molecule has 0 aromatic heterocycles. The Morgan fingerprint density at radius 1 is 1.06 bits per heavy atom. The van der Waals surface area contributed by atoms with Gasteiger partial charge in [0.1, 0.15) is 0 Å². The fourth-order valence-corrected chi connectivity index (χ4v) is 4.36. The number of fused-ring (bicyclic) bond motifs is 1. The van der Waals surface area contributed by atoms with Crippen LogP contribution in [0.25, 0.3) is 0 Å². The zero-order valence-corrected chi connectivity index (χ0v) is 18.3. The number of rotatable bonds is 10. The van der Waals surface area contributed by atoms with Gasteiger partial charge >= 0.3 is 6.09 Å². The summed E-state index contributed by atoms with van der Waals surface area (Å²) in [4.78, 5) is 26.4. The van der Waals surface area contributed by atoms with Crippen LogP contribution >= 0.6 is 0 Å². The second kappa shape index (κ2) is 10.3. The number of nitro groups is 1. The monoisotopic (exact) mass is 425 g/mol. The van der Waals surface area contributed by atoms with E-state index >= 15 is 0 Å². The predicted octanol–water partition coefficient (Wildman–Crippen LogP) is 5.39. The first-order chi connectivity index (χ1) is 14.9. The van der Waals surface area contributed by atoms with Crippen LogP contribution in [0.15, 0.2) is 36.4 Å². The molecule has 7 nitrogen and oxygen atoms in total. The Labute approximate surface area is 183 Å². The highest BCUT2D eigenvalue weighted by molar-refractivity contribution is 5.67. The van der Waals surface area contributed by atoms with Gasteiger partial charge < -0.3 is 10.0 Å². The Morgan fingerprint density at radius 3 is 2.35 bits per heavy atom. The van der Waals surface area contributed by atoms with Crippen molar-refractivity contribution in [1.82, 2.24) is 4.90 Å². The van der Waals surface area contributed by atoms with Gasteiger partial charge in [0.25, 0.3) is 5.69 Å². The molecule has 1 aliphatic carbocycles. The molecule has 7 heteroatoms. The fraction of sp³-hybridized carbons (Fsp3) is 0.458. The number of hydrogen-bond donors (Lipinski definition) is 1. The second-order valence-electron chi connectivity index (χ2n) is 8.16. The van der Waals surface area contributed by atoms with E-state index in [1.807, 2.05) is 0 Å². The van der Waals surface area contributed by atoms with Crippen LogP contribution in [0.1, 0.15) is 55.4 Å². The lowest BCUT2D eigenvalue weighted by atomic mass is 10.0. The van der Waals surface area contributed by atoms with Crippen LogP contribution in [0.3, 0.4) is 0 Å². The average molecular weight is 426 g/mol. The number of hydrogen-bond acceptors (Lipinski definition) is 4. The van der Waals surface area contributed by atoms with Crippen LogP contribution in [0, 0.1) is 10.1 Å². The molecule has 0 spiro atoms. The lowest BCUT2D eigenvalue weighted by Gasteiger charge is -2.29. The third-order valence-electron chi connectivity index (χ3n) is 5.75. The first kappa shape index (κ1) is 22.6. The fourth-order valence-electron chi connectivity index (χ4n) is 4.36. The summed E-state index contributed by atoms with van der Waals surface area (Å²) < 4.78 is 0. The number of carboxylic acid groups (broad SMARTS) is 1. The third-order valence-corrected chi connectivity index (χ3v) is 5.75. The topological polar surface area (TPSA) is 86.9 Å². The lowest BCUT2D eigenvalue weighted by Crippen LogP contribution is -2.31. The molecule has 2 aromatic rings. The standard InChI is InChI=1S/C24H31N3O4/c1-3-11-25(12-4-2)23-15-20-9-6-8-19(20)14-21(23)17-26(24(28)29)16-18-7-5-10-22(13-18)27(30)31/h5,7,10,13-15H,3-4,6,8-9,11-12,16-17H2,1-2H3,(H,28,29). The predicted molar refractivity (Wildman–Crippen MR) is 122 cm³/mol. The molecule has 0 aliphatic heterocycles. The van der Waals surface area contributed by atoms with Crippen molar-refractivity contribution >= 4 is 17.5 Å². The van der Waals surface area contributed by atoms with Gasteiger partial charge in [-0.1, -0.05) is 32.0 Å². The SMILES string of the molecule is CCCN(CCC)c1cc2c(cc1CN(Cc1cccc([N+](=O)[O-])c1)C(=O)O)CCC2. The van der Waals surface area contributed by atoms with Gasteiger partial charge in [-0.25, -0.2) is 4.79 Å². The number of nitro benzene ring substituents is 1. The van der Waals surface area contributed by atoms with E-state index in [0.717, 1.165) is 56.4 Å². The van der Waals surface area contributed by atoms with E-state index in [1.54, 1.807) is 12.1 Å². The molecule has 1 aliphatic rings. The minimum absolute atomic E-state index is 0.0295. The van der Waals surface area contributed by atoms with Crippen molar-refractivity contribution < 1.29 is 14.8 Å². The first-order valence-corrected chi connectivity index (χ1v) is 11.0. The van der Waals surface area contributed by atoms with Crippen molar-refractivity contribution in [3.05, 3.63) is 68.8 Å². The summed E-state index contributed by atoms with van der Waals surface area (Å²) in [7, 11) is 0. The van der Waals surface area contributed by atoms with Gasteiger partial charge in [-0.3, -0.25) is 15.0 Å². The summed E-state index contributed by atoms with van der Waals surface area (Å²) in [5, 5.41) is 21.0. The number of nitrogens with zero attached hydrogens (tertiary/aromatic N) is 3. The molecule has 0 heterocycles. The summed E-state index contributed by atoms with van der Waals surface area (Å²) in [5.74, 6) is 0. The van der Waals surface area contributed by atoms with Crippen LogP contribution in [0.2, 0.25) is 0 Å². The smallest absolute Gasteiger partial charge is 0.407 e. The number of non-ortho nitro benzene ring substituents is 1. The summed E-state index contributed by atoms with van der Waals surface area (Å²) in [6.45, 7) is 6.53. The lowest BCUT2D eigenvalue weighted by molar-refractivity contribution is -0.384. The molecule has 0 bridgehead atoms. The van der Waals surface area contributed by atoms with Crippen molar-refractivity contribution in [2.24, 2.45) is 0 Å². The molecule has 1 N–H and O–H groups in total. The molecule has 0 atom stereocenters. The normalized spacial score (nSPS) is 12.5. The van der Waals surface area contributed by atoms with Crippen LogP contribution in [0.5, 0.6) is 0 Å². The van der Waals surface area contributed by atoms with Crippen LogP contribution in [-0.4, -0.2) is 34.1 Å². The Morgan fingerprint density at radius 2 is 1.74 bits per heavy atom. The van der Waals surface area contributed by atoms with Crippen molar-refractivity contribution in [2.75, 3.05) is 18.0 Å². The molecule has 0 fully saturated rings. The maximum Gasteiger partial charge on any atom is 0.407 e. The highest BCUT2D eigenvalue weighted by Gasteiger charge is 2.22. The van der Waals surface area contributed by atoms with Gasteiger partial charge in [-0.15, -0.1) is 0 Å². The molecule has 0 unspecified atom stereocenters. The molecule has 2 aromatic carbocycles. The minimum Gasteiger partial charge on any atom is -0.465 e. The molecule has 166 valence electrons. The van der Waals surface area contributed by atoms with E-state index in [0.29, 0.717) is 5.56 Å². The van der Waals surface area contributed by atoms with Crippen molar-refractivity contribution in [3.63, 3.8) is 0 Å². The van der Waals surface area contributed by atoms with E-state index in [-0.39, 0.29) is 18.8 Å². The molecule has 0 saturated carbocycles. The van der Waals surface area contributed by atoms with Gasteiger partial charge in [-0.05, 0) is 60.4 Å². The Kier molecular flexibility index (Phi) is 7.50. The van der Waals surface area contributed by atoms with Crippen LogP contribution in [0.4, 0.5) is 16.2 Å². The van der Waals surface area contributed by atoms with Crippen molar-refractivity contribution in [2.45, 2.75) is 59.0 Å². The Hall–Kier alpha value is -3.09. The molecule has 3 rings (SSSR count). The number of benzene rings is 2. The largest absolute Gasteiger partial charge is 0.465 e. The summed E-state index contributed by atoms with van der Waals surface area (Å²) in [6.07, 6.45) is 4.25. The number of amides is 1. The average Bonchev–Trinajstić information content (AvgIpc) is 3.20. The van der Waals surface area contributed by atoms with E-state index in [2.05, 4.69) is 30.9 Å². The third kappa shape index (κ3) is 5.54. The maximum absolute atomic E-state index is 12.1. The van der Waals surface area contributed by atoms with E-state index in [4.69, 9.17) is 0 Å². The molecule has 1 amide bonds. The van der Waals surface area contributed by atoms with E-state index < -0.39 is 11.0 Å². The molecular weight excluding hydrogens is 394 g/mol. The zero-order chi connectivity index (χ0) is 22.4. The van der Waals surface area contributed by atoms with Crippen molar-refractivity contribution in [3.8, 4) is 0 Å². The number of anilines is 1. The Balaban J connectivity index is 1.93. The van der Waals surface area contributed by atoms with Crippen LogP contribution < -0.4 is 4.90 Å². The summed E-state index contributed by atoms with van der Waals surface area (Å²) in [5.41, 5.74) is 5.39. The minimum atomic E-state index is -1.03. The highest BCUT2D eigenvalue weighted by atomic mass is 16.6. The quantitative estimate of drug-likeness (QED) is 0.407. The molecule has 31 heavy (non-hydrogen) atoms. The highest BCUT2D eigenvalue weighted by Crippen LogP contribution is 2.32. The second-order valence-corrected chi connectivity index (χ2v) is 8.16. The number of carbonyl (C=O) groups is 1. The molecule has 0 radical (unpaired) electrons. The molecular formula is C24H31N3O4. The zero-order valence-electron chi connectivity index (χ0n) is 18.3. The first-order valence-electron chi connectivity index (χ1n) is 11.0. The van der Waals surface area contributed by atoms with E-state index in [1.165, 1.54) is 28.2 Å². The van der Waals surface area contributed by atoms with Gasteiger partial charge in [-0.2, -0.15) is 0 Å². The van der Waals surface area contributed by atoms with Crippen LogP contribution in [-0.2, 0) is 25.9 Å². The van der Waals surface area contributed by atoms with Gasteiger partial charge in [0.2, 0.25) is 0 Å². The molecule has 0 saturated heterocycles. The summed E-state index contributed by atoms with van der Waals surface area (Å²) in [6, 6.07) is 10.6.